The highest BCUT2D eigenvalue weighted by Gasteiger charge is 2.20. The lowest BCUT2D eigenvalue weighted by Gasteiger charge is -2.31. The van der Waals surface area contributed by atoms with E-state index in [4.69, 9.17) is 10.00 Å². The lowest BCUT2D eigenvalue weighted by atomic mass is 10.1. The fourth-order valence-electron chi connectivity index (χ4n) is 2.54. The van der Waals surface area contributed by atoms with Gasteiger partial charge in [0.2, 0.25) is 5.91 Å². The average molecular weight is 287 g/mol. The predicted molar refractivity (Wildman–Crippen MR) is 80.9 cm³/mol. The summed E-state index contributed by atoms with van der Waals surface area (Å²) in [5.74, 6) is -0.0417. The van der Waals surface area contributed by atoms with Gasteiger partial charge in [-0.25, -0.2) is 0 Å². The molecule has 1 aromatic carbocycles. The fraction of sp³-hybridized carbons (Fsp3) is 0.500. The second-order valence-corrected chi connectivity index (χ2v) is 5.17. The van der Waals surface area contributed by atoms with Gasteiger partial charge in [-0.15, -0.1) is 0 Å². The number of piperidine rings is 1. The molecule has 1 heterocycles. The monoisotopic (exact) mass is 287 g/mol. The third-order valence-corrected chi connectivity index (χ3v) is 3.58. The molecule has 0 spiro atoms. The number of amides is 1. The van der Waals surface area contributed by atoms with Crippen molar-refractivity contribution in [2.45, 2.75) is 25.9 Å². The molecule has 2 rings (SSSR count). The number of rotatable bonds is 5. The van der Waals surface area contributed by atoms with Gasteiger partial charge in [-0.2, -0.15) is 5.26 Å². The molecule has 1 amide bonds. The van der Waals surface area contributed by atoms with Crippen molar-refractivity contribution in [3.05, 3.63) is 29.8 Å². The standard InChI is InChI=1S/C16H21N3O2/c1-2-21-15-6-8-19(9-7-15)12-16(20)18-14-5-3-4-13(10-14)11-17/h3-5,10,15H,2,6-9,12H2,1H3,(H,18,20). The minimum absolute atomic E-state index is 0.0417. The van der Waals surface area contributed by atoms with E-state index in [2.05, 4.69) is 16.3 Å². The summed E-state index contributed by atoms with van der Waals surface area (Å²) < 4.78 is 5.60. The Bertz CT molecular complexity index is 516. The Morgan fingerprint density at radius 3 is 2.90 bits per heavy atom. The molecule has 1 aliphatic heterocycles. The van der Waals surface area contributed by atoms with E-state index in [1.165, 1.54) is 0 Å². The van der Waals surface area contributed by atoms with Gasteiger partial charge in [0.15, 0.2) is 0 Å². The smallest absolute Gasteiger partial charge is 0.238 e. The summed E-state index contributed by atoms with van der Waals surface area (Å²) in [6.45, 7) is 4.91. The molecule has 0 unspecified atom stereocenters. The number of carbonyl (C=O) groups is 1. The molecular weight excluding hydrogens is 266 g/mol. The van der Waals surface area contributed by atoms with E-state index in [1.54, 1.807) is 24.3 Å². The molecule has 0 radical (unpaired) electrons. The van der Waals surface area contributed by atoms with Crippen LogP contribution in [0.25, 0.3) is 0 Å². The Morgan fingerprint density at radius 2 is 2.24 bits per heavy atom. The summed E-state index contributed by atoms with van der Waals surface area (Å²) >= 11 is 0. The van der Waals surface area contributed by atoms with Crippen molar-refractivity contribution < 1.29 is 9.53 Å². The van der Waals surface area contributed by atoms with Gasteiger partial charge in [-0.3, -0.25) is 9.69 Å². The lowest BCUT2D eigenvalue weighted by Crippen LogP contribution is -2.41. The second kappa shape index (κ2) is 7.77. The molecule has 5 nitrogen and oxygen atoms in total. The van der Waals surface area contributed by atoms with E-state index in [0.29, 0.717) is 23.9 Å². The first-order valence-corrected chi connectivity index (χ1v) is 7.35. The Morgan fingerprint density at radius 1 is 1.48 bits per heavy atom. The molecule has 1 aliphatic rings. The third kappa shape index (κ3) is 4.85. The van der Waals surface area contributed by atoms with Crippen molar-refractivity contribution in [1.82, 2.24) is 4.90 Å². The van der Waals surface area contributed by atoms with Crippen LogP contribution < -0.4 is 5.32 Å². The molecule has 112 valence electrons. The summed E-state index contributed by atoms with van der Waals surface area (Å²) in [5.41, 5.74) is 1.22. The molecule has 0 bridgehead atoms. The van der Waals surface area contributed by atoms with Gasteiger partial charge in [0.05, 0.1) is 24.3 Å². The minimum atomic E-state index is -0.0417. The first-order valence-electron chi connectivity index (χ1n) is 7.35. The maximum absolute atomic E-state index is 12.0. The molecule has 1 aromatic rings. The molecule has 1 saturated heterocycles. The summed E-state index contributed by atoms with van der Waals surface area (Å²) in [6.07, 6.45) is 2.29. The van der Waals surface area contributed by atoms with Crippen LogP contribution in [0.5, 0.6) is 0 Å². The topological polar surface area (TPSA) is 65.4 Å². The van der Waals surface area contributed by atoms with Crippen molar-refractivity contribution in [2.75, 3.05) is 31.6 Å². The molecule has 0 saturated carbocycles. The molecule has 1 N–H and O–H groups in total. The highest BCUT2D eigenvalue weighted by Crippen LogP contribution is 2.14. The summed E-state index contributed by atoms with van der Waals surface area (Å²) in [5, 5.41) is 11.7. The molecule has 1 fully saturated rings. The Balaban J connectivity index is 1.79. The van der Waals surface area contributed by atoms with E-state index in [9.17, 15) is 4.79 Å². The van der Waals surface area contributed by atoms with Crippen molar-refractivity contribution >= 4 is 11.6 Å². The number of carbonyl (C=O) groups excluding carboxylic acids is 1. The summed E-state index contributed by atoms with van der Waals surface area (Å²) in [7, 11) is 0. The second-order valence-electron chi connectivity index (χ2n) is 5.17. The Labute approximate surface area is 125 Å². The fourth-order valence-corrected chi connectivity index (χ4v) is 2.54. The number of nitrogens with one attached hydrogen (secondary N) is 1. The van der Waals surface area contributed by atoms with Gasteiger partial charge in [0.1, 0.15) is 0 Å². The molecule has 0 aromatic heterocycles. The van der Waals surface area contributed by atoms with Crippen molar-refractivity contribution in [3.63, 3.8) is 0 Å². The normalized spacial score (nSPS) is 16.4. The Hall–Kier alpha value is -1.90. The van der Waals surface area contributed by atoms with Crippen LogP contribution in [0.3, 0.4) is 0 Å². The van der Waals surface area contributed by atoms with Crippen LogP contribution in [0.1, 0.15) is 25.3 Å². The largest absolute Gasteiger partial charge is 0.378 e. The number of anilines is 1. The number of hydrogen-bond acceptors (Lipinski definition) is 4. The van der Waals surface area contributed by atoms with Crippen LogP contribution in [0, 0.1) is 11.3 Å². The highest BCUT2D eigenvalue weighted by atomic mass is 16.5. The third-order valence-electron chi connectivity index (χ3n) is 3.58. The van der Waals surface area contributed by atoms with Gasteiger partial charge in [-0.05, 0) is 38.0 Å². The van der Waals surface area contributed by atoms with Crippen LogP contribution in [0.2, 0.25) is 0 Å². The quantitative estimate of drug-likeness (QED) is 0.899. The number of nitriles is 1. The molecular formula is C16H21N3O2. The Kier molecular flexibility index (Phi) is 5.73. The van der Waals surface area contributed by atoms with Crippen molar-refractivity contribution in [3.8, 4) is 6.07 Å². The zero-order chi connectivity index (χ0) is 15.1. The molecule has 21 heavy (non-hydrogen) atoms. The van der Waals surface area contributed by atoms with E-state index in [1.807, 2.05) is 6.92 Å². The maximum atomic E-state index is 12.0. The summed E-state index contributed by atoms with van der Waals surface area (Å²) in [4.78, 5) is 14.2. The number of ether oxygens (including phenoxy) is 1. The van der Waals surface area contributed by atoms with Crippen LogP contribution in [0.15, 0.2) is 24.3 Å². The minimum Gasteiger partial charge on any atom is -0.378 e. The number of nitrogens with zero attached hydrogens (tertiary/aromatic N) is 2. The average Bonchev–Trinajstić information content (AvgIpc) is 2.49. The van der Waals surface area contributed by atoms with Crippen LogP contribution >= 0.6 is 0 Å². The molecule has 5 heteroatoms. The van der Waals surface area contributed by atoms with E-state index in [-0.39, 0.29) is 5.91 Å². The molecule has 0 aliphatic carbocycles. The van der Waals surface area contributed by atoms with E-state index in [0.717, 1.165) is 32.5 Å². The number of benzene rings is 1. The van der Waals surface area contributed by atoms with Crippen LogP contribution in [-0.2, 0) is 9.53 Å². The van der Waals surface area contributed by atoms with Crippen LogP contribution in [0.4, 0.5) is 5.69 Å². The maximum Gasteiger partial charge on any atom is 0.238 e. The lowest BCUT2D eigenvalue weighted by molar-refractivity contribution is -0.118. The predicted octanol–water partition coefficient (Wildman–Crippen LogP) is 2.00. The molecule has 0 atom stereocenters. The van der Waals surface area contributed by atoms with E-state index < -0.39 is 0 Å². The zero-order valence-corrected chi connectivity index (χ0v) is 12.3. The number of likely N-dealkylation sites (tertiary alicyclic amines) is 1. The van der Waals surface area contributed by atoms with Crippen molar-refractivity contribution in [1.29, 1.82) is 5.26 Å². The van der Waals surface area contributed by atoms with Gasteiger partial charge in [0.25, 0.3) is 0 Å². The van der Waals surface area contributed by atoms with Crippen molar-refractivity contribution in [2.24, 2.45) is 0 Å². The number of hydrogen-bond donors (Lipinski definition) is 1. The highest BCUT2D eigenvalue weighted by molar-refractivity contribution is 5.92. The van der Waals surface area contributed by atoms with E-state index >= 15 is 0 Å². The zero-order valence-electron chi connectivity index (χ0n) is 12.3. The van der Waals surface area contributed by atoms with Gasteiger partial charge < -0.3 is 10.1 Å². The summed E-state index contributed by atoms with van der Waals surface area (Å²) in [6, 6.07) is 9.02. The van der Waals surface area contributed by atoms with Crippen LogP contribution in [-0.4, -0.2) is 43.2 Å². The van der Waals surface area contributed by atoms with Gasteiger partial charge in [-0.1, -0.05) is 6.07 Å². The van der Waals surface area contributed by atoms with Gasteiger partial charge in [0, 0.05) is 25.4 Å². The first-order chi connectivity index (χ1) is 10.2. The SMILES string of the molecule is CCOC1CCN(CC(=O)Nc2cccc(C#N)c2)CC1. The van der Waals surface area contributed by atoms with Gasteiger partial charge >= 0.3 is 0 Å². The first kappa shape index (κ1) is 15.5.